The lowest BCUT2D eigenvalue weighted by Crippen LogP contribution is -2.25. The molecule has 18 heavy (non-hydrogen) atoms. The summed E-state index contributed by atoms with van der Waals surface area (Å²) in [4.78, 5) is 23.6. The highest BCUT2D eigenvalue weighted by atomic mass is 79.9. The Labute approximate surface area is 120 Å². The van der Waals surface area contributed by atoms with Crippen molar-refractivity contribution >= 4 is 39.4 Å². The molecule has 1 rings (SSSR count). The van der Waals surface area contributed by atoms with Gasteiger partial charge in [0.05, 0.1) is 5.75 Å². The predicted octanol–water partition coefficient (Wildman–Crippen LogP) is 3.27. The van der Waals surface area contributed by atoms with Crippen LogP contribution in [-0.4, -0.2) is 24.0 Å². The minimum absolute atomic E-state index is 0.0318. The molecule has 0 fully saturated rings. The zero-order chi connectivity index (χ0) is 13.5. The molecular weight excluding hydrogens is 314 g/mol. The summed E-state index contributed by atoms with van der Waals surface area (Å²) in [6.07, 6.45) is 0.938. The molecule has 0 saturated heterocycles. The normalized spacial score (nSPS) is 10.2. The van der Waals surface area contributed by atoms with Crippen molar-refractivity contribution in [3.8, 4) is 0 Å². The maximum absolute atomic E-state index is 11.5. The summed E-state index contributed by atoms with van der Waals surface area (Å²) in [7, 11) is 0. The molecule has 0 heterocycles. The van der Waals surface area contributed by atoms with Crippen molar-refractivity contribution < 1.29 is 9.59 Å². The van der Waals surface area contributed by atoms with E-state index in [0.29, 0.717) is 17.9 Å². The molecule has 0 saturated carbocycles. The van der Waals surface area contributed by atoms with Crippen molar-refractivity contribution in [2.24, 2.45) is 0 Å². The molecule has 0 aliphatic rings. The first kappa shape index (κ1) is 15.2. The molecule has 1 amide bonds. The molecule has 0 atom stereocenters. The Kier molecular flexibility index (Phi) is 6.43. The number of carbonyl (C=O) groups excluding carboxylic acids is 2. The Morgan fingerprint density at radius 3 is 2.67 bits per heavy atom. The summed E-state index contributed by atoms with van der Waals surface area (Å²) in [6, 6.07) is 5.42. The SMILES string of the molecule is CCCNC(=O)CSc1ccc(C(C)=O)cc1Br. The topological polar surface area (TPSA) is 46.2 Å². The van der Waals surface area contributed by atoms with Crippen LogP contribution in [0.5, 0.6) is 0 Å². The Balaban J connectivity index is 2.58. The predicted molar refractivity (Wildman–Crippen MR) is 78.2 cm³/mol. The van der Waals surface area contributed by atoms with Crippen LogP contribution in [0.4, 0.5) is 0 Å². The largest absolute Gasteiger partial charge is 0.355 e. The Hall–Kier alpha value is -0.810. The van der Waals surface area contributed by atoms with Gasteiger partial charge in [-0.25, -0.2) is 0 Å². The molecule has 1 aromatic carbocycles. The van der Waals surface area contributed by atoms with Crippen LogP contribution < -0.4 is 5.32 Å². The number of rotatable bonds is 6. The first-order chi connectivity index (χ1) is 8.54. The van der Waals surface area contributed by atoms with E-state index in [9.17, 15) is 9.59 Å². The molecule has 0 bridgehead atoms. The van der Waals surface area contributed by atoms with E-state index in [0.717, 1.165) is 15.8 Å². The first-order valence-electron chi connectivity index (χ1n) is 5.74. The number of hydrogen-bond acceptors (Lipinski definition) is 3. The van der Waals surface area contributed by atoms with Gasteiger partial charge in [0, 0.05) is 21.5 Å². The van der Waals surface area contributed by atoms with Gasteiger partial charge in [-0.2, -0.15) is 0 Å². The van der Waals surface area contributed by atoms with Crippen LogP contribution in [0.15, 0.2) is 27.6 Å². The summed E-state index contributed by atoms with van der Waals surface area (Å²) >= 11 is 4.87. The maximum atomic E-state index is 11.5. The van der Waals surface area contributed by atoms with E-state index in [4.69, 9.17) is 0 Å². The summed E-state index contributed by atoms with van der Waals surface area (Å²) in [6.45, 7) is 4.26. The van der Waals surface area contributed by atoms with Gasteiger partial charge in [0.2, 0.25) is 5.91 Å². The smallest absolute Gasteiger partial charge is 0.230 e. The molecule has 0 aliphatic carbocycles. The Morgan fingerprint density at radius 2 is 2.11 bits per heavy atom. The lowest BCUT2D eigenvalue weighted by molar-refractivity contribution is -0.118. The number of hydrogen-bond donors (Lipinski definition) is 1. The quantitative estimate of drug-likeness (QED) is 0.643. The number of carbonyl (C=O) groups is 2. The summed E-state index contributed by atoms with van der Waals surface area (Å²) in [5.74, 6) is 0.454. The molecule has 0 spiro atoms. The maximum Gasteiger partial charge on any atom is 0.230 e. The van der Waals surface area contributed by atoms with E-state index < -0.39 is 0 Å². The van der Waals surface area contributed by atoms with Crippen molar-refractivity contribution in [3.63, 3.8) is 0 Å². The second-order valence-corrected chi connectivity index (χ2v) is 5.71. The fourth-order valence-electron chi connectivity index (χ4n) is 1.30. The van der Waals surface area contributed by atoms with Crippen molar-refractivity contribution in [1.82, 2.24) is 5.32 Å². The van der Waals surface area contributed by atoms with Crippen molar-refractivity contribution in [2.75, 3.05) is 12.3 Å². The monoisotopic (exact) mass is 329 g/mol. The van der Waals surface area contributed by atoms with Gasteiger partial charge in [-0.1, -0.05) is 13.0 Å². The molecule has 3 nitrogen and oxygen atoms in total. The number of amides is 1. The number of thioether (sulfide) groups is 1. The van der Waals surface area contributed by atoms with Gasteiger partial charge >= 0.3 is 0 Å². The molecule has 98 valence electrons. The van der Waals surface area contributed by atoms with Gasteiger partial charge in [-0.05, 0) is 41.4 Å². The zero-order valence-corrected chi connectivity index (χ0v) is 12.9. The average molecular weight is 330 g/mol. The van der Waals surface area contributed by atoms with Gasteiger partial charge in [0.25, 0.3) is 0 Å². The van der Waals surface area contributed by atoms with Crippen LogP contribution >= 0.6 is 27.7 Å². The minimum atomic E-state index is 0.0318. The molecule has 1 aromatic rings. The van der Waals surface area contributed by atoms with Crippen molar-refractivity contribution in [1.29, 1.82) is 0 Å². The van der Waals surface area contributed by atoms with Crippen LogP contribution in [0.3, 0.4) is 0 Å². The molecular formula is C13H16BrNO2S. The van der Waals surface area contributed by atoms with E-state index in [1.165, 1.54) is 18.7 Å². The Bertz CT molecular complexity index is 449. The minimum Gasteiger partial charge on any atom is -0.355 e. The number of Topliss-reactive ketones (excluding diaryl/α,β-unsaturated/α-hetero) is 1. The van der Waals surface area contributed by atoms with E-state index >= 15 is 0 Å². The first-order valence-corrected chi connectivity index (χ1v) is 7.52. The number of halogens is 1. The summed E-state index contributed by atoms with van der Waals surface area (Å²) in [5, 5.41) is 2.82. The highest BCUT2D eigenvalue weighted by Crippen LogP contribution is 2.28. The lowest BCUT2D eigenvalue weighted by atomic mass is 10.2. The highest BCUT2D eigenvalue weighted by molar-refractivity contribution is 9.10. The third kappa shape index (κ3) is 4.82. The van der Waals surface area contributed by atoms with E-state index in [1.807, 2.05) is 13.0 Å². The average Bonchev–Trinajstić information content (AvgIpc) is 2.34. The number of nitrogens with one attached hydrogen (secondary N) is 1. The van der Waals surface area contributed by atoms with Crippen LogP contribution in [0, 0.1) is 0 Å². The van der Waals surface area contributed by atoms with Crippen LogP contribution in [-0.2, 0) is 4.79 Å². The third-order valence-electron chi connectivity index (χ3n) is 2.27. The third-order valence-corrected chi connectivity index (χ3v) is 4.26. The van der Waals surface area contributed by atoms with E-state index in [2.05, 4.69) is 21.2 Å². The van der Waals surface area contributed by atoms with Gasteiger partial charge in [-0.3, -0.25) is 9.59 Å². The Morgan fingerprint density at radius 1 is 1.39 bits per heavy atom. The summed E-state index contributed by atoms with van der Waals surface area (Å²) in [5.41, 5.74) is 0.668. The molecule has 0 aliphatic heterocycles. The zero-order valence-electron chi connectivity index (χ0n) is 10.5. The fourth-order valence-corrected chi connectivity index (χ4v) is 2.77. The number of ketones is 1. The second-order valence-electron chi connectivity index (χ2n) is 3.84. The van der Waals surface area contributed by atoms with Gasteiger partial charge in [0.15, 0.2) is 5.78 Å². The molecule has 0 unspecified atom stereocenters. The van der Waals surface area contributed by atoms with Crippen LogP contribution in [0.1, 0.15) is 30.6 Å². The standard InChI is InChI=1S/C13H16BrNO2S/c1-3-6-15-13(17)8-18-12-5-4-10(9(2)16)7-11(12)14/h4-5,7H,3,6,8H2,1-2H3,(H,15,17). The van der Waals surface area contributed by atoms with Crippen LogP contribution in [0.25, 0.3) is 0 Å². The molecule has 5 heteroatoms. The fraction of sp³-hybridized carbons (Fsp3) is 0.385. The second kappa shape index (κ2) is 7.59. The molecule has 0 radical (unpaired) electrons. The van der Waals surface area contributed by atoms with Gasteiger partial charge < -0.3 is 5.32 Å². The summed E-state index contributed by atoms with van der Waals surface area (Å²) < 4.78 is 0.850. The van der Waals surface area contributed by atoms with Crippen molar-refractivity contribution in [3.05, 3.63) is 28.2 Å². The van der Waals surface area contributed by atoms with Gasteiger partial charge in [0.1, 0.15) is 0 Å². The van der Waals surface area contributed by atoms with Crippen molar-refractivity contribution in [2.45, 2.75) is 25.2 Å². The highest BCUT2D eigenvalue weighted by Gasteiger charge is 2.07. The molecule has 0 aromatic heterocycles. The van der Waals surface area contributed by atoms with Gasteiger partial charge in [-0.15, -0.1) is 11.8 Å². The van der Waals surface area contributed by atoms with Crippen LogP contribution in [0.2, 0.25) is 0 Å². The number of benzene rings is 1. The van der Waals surface area contributed by atoms with E-state index in [1.54, 1.807) is 12.1 Å². The molecule has 1 N–H and O–H groups in total. The lowest BCUT2D eigenvalue weighted by Gasteiger charge is -2.06. The van der Waals surface area contributed by atoms with E-state index in [-0.39, 0.29) is 11.7 Å².